The Morgan fingerprint density at radius 1 is 1.43 bits per heavy atom. The van der Waals surface area contributed by atoms with Crippen LogP contribution in [-0.4, -0.2) is 29.8 Å². The highest BCUT2D eigenvalue weighted by Crippen LogP contribution is 2.15. The predicted octanol–water partition coefficient (Wildman–Crippen LogP) is 2.54. The molecular weight excluding hydrogens is 266 g/mol. The zero-order valence-electron chi connectivity index (χ0n) is 13.5. The molecule has 0 saturated heterocycles. The molecule has 1 amide bonds. The summed E-state index contributed by atoms with van der Waals surface area (Å²) >= 11 is 0. The Kier molecular flexibility index (Phi) is 6.69. The number of hydrogen-bond acceptors (Lipinski definition) is 3. The Morgan fingerprint density at radius 2 is 2.14 bits per heavy atom. The van der Waals surface area contributed by atoms with E-state index in [1.165, 1.54) is 5.56 Å². The van der Waals surface area contributed by atoms with Crippen molar-refractivity contribution in [2.24, 2.45) is 5.92 Å². The molecule has 2 N–H and O–H groups in total. The average molecular weight is 293 g/mol. The molecule has 0 aliphatic heterocycles. The Balaban J connectivity index is 2.37. The second kappa shape index (κ2) is 8.03. The largest absolute Gasteiger partial charge is 0.484 e. The fourth-order valence-corrected chi connectivity index (χ4v) is 2.30. The van der Waals surface area contributed by atoms with Gasteiger partial charge in [-0.3, -0.25) is 4.79 Å². The summed E-state index contributed by atoms with van der Waals surface area (Å²) in [5, 5.41) is 12.8. The lowest BCUT2D eigenvalue weighted by atomic mass is 9.94. The Hall–Kier alpha value is -1.55. The van der Waals surface area contributed by atoms with Gasteiger partial charge in [0, 0.05) is 6.54 Å². The summed E-state index contributed by atoms with van der Waals surface area (Å²) in [5.74, 6) is 0.851. The fourth-order valence-electron chi connectivity index (χ4n) is 2.30. The number of hydrogen-bond donors (Lipinski definition) is 2. The van der Waals surface area contributed by atoms with E-state index in [0.29, 0.717) is 18.1 Å². The zero-order valence-corrected chi connectivity index (χ0v) is 13.5. The smallest absolute Gasteiger partial charge is 0.258 e. The molecule has 4 heteroatoms. The van der Waals surface area contributed by atoms with Crippen LogP contribution >= 0.6 is 0 Å². The second-order valence-corrected chi connectivity index (χ2v) is 6.16. The van der Waals surface area contributed by atoms with E-state index in [1.807, 2.05) is 38.1 Å². The van der Waals surface area contributed by atoms with Crippen LogP contribution in [0, 0.1) is 5.92 Å². The van der Waals surface area contributed by atoms with Crippen molar-refractivity contribution in [2.75, 3.05) is 13.2 Å². The van der Waals surface area contributed by atoms with Crippen LogP contribution in [0.4, 0.5) is 0 Å². The van der Waals surface area contributed by atoms with E-state index in [4.69, 9.17) is 4.74 Å². The van der Waals surface area contributed by atoms with Gasteiger partial charge in [-0.05, 0) is 43.4 Å². The lowest BCUT2D eigenvalue weighted by Crippen LogP contribution is -2.43. The van der Waals surface area contributed by atoms with E-state index in [1.54, 1.807) is 6.92 Å². The molecule has 1 aromatic carbocycles. The van der Waals surface area contributed by atoms with Gasteiger partial charge in [-0.25, -0.2) is 0 Å². The third kappa shape index (κ3) is 7.14. The molecule has 0 radical (unpaired) electrons. The topological polar surface area (TPSA) is 58.6 Å². The molecule has 0 saturated carbocycles. The number of amides is 1. The van der Waals surface area contributed by atoms with Crippen molar-refractivity contribution in [1.82, 2.24) is 5.32 Å². The number of nitrogens with one attached hydrogen (secondary N) is 1. The van der Waals surface area contributed by atoms with Gasteiger partial charge < -0.3 is 15.2 Å². The van der Waals surface area contributed by atoms with E-state index in [0.717, 1.165) is 6.42 Å². The van der Waals surface area contributed by atoms with Gasteiger partial charge in [-0.1, -0.05) is 32.9 Å². The molecule has 1 atom stereocenters. The maximum Gasteiger partial charge on any atom is 0.258 e. The number of benzene rings is 1. The van der Waals surface area contributed by atoms with E-state index >= 15 is 0 Å². The minimum Gasteiger partial charge on any atom is -0.484 e. The second-order valence-electron chi connectivity index (χ2n) is 6.16. The number of ether oxygens (including phenoxy) is 1. The van der Waals surface area contributed by atoms with Crippen molar-refractivity contribution in [3.8, 4) is 5.75 Å². The minimum atomic E-state index is -0.883. The first kappa shape index (κ1) is 17.5. The van der Waals surface area contributed by atoms with Crippen LogP contribution in [0.5, 0.6) is 5.75 Å². The molecule has 1 unspecified atom stereocenters. The van der Waals surface area contributed by atoms with Gasteiger partial charge in [0.25, 0.3) is 5.91 Å². The number of carbonyl (C=O) groups is 1. The van der Waals surface area contributed by atoms with Crippen molar-refractivity contribution >= 4 is 5.91 Å². The van der Waals surface area contributed by atoms with Crippen LogP contribution in [0.3, 0.4) is 0 Å². The van der Waals surface area contributed by atoms with E-state index in [-0.39, 0.29) is 19.1 Å². The van der Waals surface area contributed by atoms with Crippen LogP contribution in [0.2, 0.25) is 0 Å². The lowest BCUT2D eigenvalue weighted by molar-refractivity contribution is -0.124. The third-order valence-corrected chi connectivity index (χ3v) is 3.19. The molecule has 1 rings (SSSR count). The van der Waals surface area contributed by atoms with Gasteiger partial charge in [-0.2, -0.15) is 0 Å². The molecular formula is C17H27NO3. The zero-order chi connectivity index (χ0) is 15.9. The average Bonchev–Trinajstić information content (AvgIpc) is 2.42. The maximum atomic E-state index is 11.8. The summed E-state index contributed by atoms with van der Waals surface area (Å²) < 4.78 is 5.46. The first-order chi connectivity index (χ1) is 9.82. The first-order valence-corrected chi connectivity index (χ1v) is 7.53. The van der Waals surface area contributed by atoms with Crippen LogP contribution in [-0.2, 0) is 11.2 Å². The summed E-state index contributed by atoms with van der Waals surface area (Å²) in [6.45, 7) is 8.09. The van der Waals surface area contributed by atoms with Crippen molar-refractivity contribution in [2.45, 2.75) is 46.1 Å². The van der Waals surface area contributed by atoms with E-state index < -0.39 is 5.60 Å². The summed E-state index contributed by atoms with van der Waals surface area (Å²) in [6.07, 6.45) is 1.58. The fraction of sp³-hybridized carbons (Fsp3) is 0.588. The molecule has 0 aromatic heterocycles. The standard InChI is InChI=1S/C17H27NO3/c1-5-14-7-6-8-15(9-14)21-11-16(19)18-12-17(4,20)10-13(2)3/h6-9,13,20H,5,10-12H2,1-4H3,(H,18,19). The third-order valence-electron chi connectivity index (χ3n) is 3.19. The minimum absolute atomic E-state index is 0.0368. The van der Waals surface area contributed by atoms with Gasteiger partial charge in [0.05, 0.1) is 5.60 Å². The highest BCUT2D eigenvalue weighted by Gasteiger charge is 2.22. The van der Waals surface area contributed by atoms with Crippen LogP contribution in [0.1, 0.15) is 39.7 Å². The Morgan fingerprint density at radius 3 is 2.76 bits per heavy atom. The number of aryl methyl sites for hydroxylation is 1. The molecule has 0 fully saturated rings. The van der Waals surface area contributed by atoms with Gasteiger partial charge in [0.2, 0.25) is 0 Å². The van der Waals surface area contributed by atoms with Gasteiger partial charge in [0.15, 0.2) is 6.61 Å². The number of carbonyl (C=O) groups excluding carboxylic acids is 1. The monoisotopic (exact) mass is 293 g/mol. The molecule has 21 heavy (non-hydrogen) atoms. The Labute approximate surface area is 127 Å². The quantitative estimate of drug-likeness (QED) is 0.774. The normalized spacial score (nSPS) is 13.8. The summed E-state index contributed by atoms with van der Waals surface area (Å²) in [7, 11) is 0. The highest BCUT2D eigenvalue weighted by atomic mass is 16.5. The molecule has 0 heterocycles. The molecule has 4 nitrogen and oxygen atoms in total. The van der Waals surface area contributed by atoms with Gasteiger partial charge >= 0.3 is 0 Å². The summed E-state index contributed by atoms with van der Waals surface area (Å²) in [5.41, 5.74) is 0.291. The maximum absolute atomic E-state index is 11.8. The molecule has 0 spiro atoms. The van der Waals surface area contributed by atoms with Crippen molar-refractivity contribution in [1.29, 1.82) is 0 Å². The Bertz CT molecular complexity index is 455. The molecule has 0 aliphatic rings. The predicted molar refractivity (Wildman–Crippen MR) is 84.4 cm³/mol. The van der Waals surface area contributed by atoms with Crippen LogP contribution in [0.15, 0.2) is 24.3 Å². The molecule has 1 aromatic rings. The van der Waals surface area contributed by atoms with Crippen molar-refractivity contribution < 1.29 is 14.6 Å². The number of aliphatic hydroxyl groups is 1. The van der Waals surface area contributed by atoms with Crippen molar-refractivity contribution in [3.05, 3.63) is 29.8 Å². The molecule has 118 valence electrons. The van der Waals surface area contributed by atoms with Crippen molar-refractivity contribution in [3.63, 3.8) is 0 Å². The van der Waals surface area contributed by atoms with Crippen LogP contribution < -0.4 is 10.1 Å². The van der Waals surface area contributed by atoms with E-state index in [9.17, 15) is 9.90 Å². The highest BCUT2D eigenvalue weighted by molar-refractivity contribution is 5.77. The number of rotatable bonds is 8. The van der Waals surface area contributed by atoms with E-state index in [2.05, 4.69) is 12.2 Å². The summed E-state index contributed by atoms with van der Waals surface area (Å²) in [4.78, 5) is 11.8. The van der Waals surface area contributed by atoms with Gasteiger partial charge in [-0.15, -0.1) is 0 Å². The summed E-state index contributed by atoms with van der Waals surface area (Å²) in [6, 6.07) is 7.71. The molecule has 0 aliphatic carbocycles. The van der Waals surface area contributed by atoms with Gasteiger partial charge in [0.1, 0.15) is 5.75 Å². The molecule has 0 bridgehead atoms. The van der Waals surface area contributed by atoms with Crippen LogP contribution in [0.25, 0.3) is 0 Å². The SMILES string of the molecule is CCc1cccc(OCC(=O)NCC(C)(O)CC(C)C)c1. The first-order valence-electron chi connectivity index (χ1n) is 7.53. The lowest BCUT2D eigenvalue weighted by Gasteiger charge is -2.25.